The lowest BCUT2D eigenvalue weighted by atomic mass is 10.1. The van der Waals surface area contributed by atoms with Gasteiger partial charge in [-0.1, -0.05) is 43.0 Å². The number of benzene rings is 3. The predicted molar refractivity (Wildman–Crippen MR) is 236 cm³/mol. The molecule has 2 amide bonds. The van der Waals surface area contributed by atoms with Crippen LogP contribution in [0.2, 0.25) is 5.02 Å². The molecule has 0 saturated heterocycles. The Bertz CT molecular complexity index is 2390. The van der Waals surface area contributed by atoms with Crippen LogP contribution in [0.4, 0.5) is 28.4 Å². The first-order chi connectivity index (χ1) is 28.2. The Kier molecular flexibility index (Phi) is 14.7. The highest BCUT2D eigenvalue weighted by Crippen LogP contribution is 2.28. The monoisotopic (exact) mass is 821 g/mol. The van der Waals surface area contributed by atoms with E-state index in [1.165, 1.54) is 23.3 Å². The summed E-state index contributed by atoms with van der Waals surface area (Å²) in [4.78, 5) is 51.9. The average Bonchev–Trinajstić information content (AvgIpc) is 3.93. The Balaban J connectivity index is 1.26. The second kappa shape index (κ2) is 20.5. The highest BCUT2D eigenvalue weighted by molar-refractivity contribution is 7.07. The molecule has 0 atom stereocenters. The number of aromatic nitrogens is 2. The summed E-state index contributed by atoms with van der Waals surface area (Å²) in [5.74, 6) is -0.257. The standard InChI is InChI=1S/C44H48ClN7O5S/c1-4-51(5-2)34-19-16-32(17-20-34)48-40(41-50-43-35(22-25-56-43)44(55)52(41)24-12-8-6-7-9-13-31-23-26-58-28-31)42(54)49-38-27-33(18-21-36(38)45)46-29-57-39-15-11-10-14-37(39)47-30(3)53/h10-11,14-23,25-28,46H,4-9,12-13,24,29H2,1-3H3,(H,47,53)(H,49,54). The quantitative estimate of drug-likeness (QED) is 0.0393. The normalized spacial score (nSPS) is 11.4. The van der Waals surface area contributed by atoms with Gasteiger partial charge in [0, 0.05) is 37.9 Å². The van der Waals surface area contributed by atoms with Gasteiger partial charge in [-0.15, -0.1) is 0 Å². The molecule has 3 aromatic carbocycles. The first-order valence-electron chi connectivity index (χ1n) is 19.5. The first-order valence-corrected chi connectivity index (χ1v) is 20.8. The number of furan rings is 1. The van der Waals surface area contributed by atoms with Crippen molar-refractivity contribution in [2.45, 2.75) is 65.8 Å². The number of thiophene rings is 1. The summed E-state index contributed by atoms with van der Waals surface area (Å²) < 4.78 is 13.0. The number of unbranched alkanes of at least 4 members (excludes halogenated alkanes) is 4. The summed E-state index contributed by atoms with van der Waals surface area (Å²) in [7, 11) is 0. The van der Waals surface area contributed by atoms with Crippen LogP contribution >= 0.6 is 22.9 Å². The van der Waals surface area contributed by atoms with Crippen molar-refractivity contribution in [1.82, 2.24) is 9.55 Å². The number of carbonyl (C=O) groups excluding carboxylic acids is 2. The van der Waals surface area contributed by atoms with Gasteiger partial charge in [0.1, 0.15) is 11.1 Å². The Hall–Kier alpha value is -5.92. The van der Waals surface area contributed by atoms with Crippen molar-refractivity contribution in [3.63, 3.8) is 0 Å². The van der Waals surface area contributed by atoms with Crippen LogP contribution in [0.1, 0.15) is 64.3 Å². The molecule has 3 aromatic heterocycles. The van der Waals surface area contributed by atoms with Crippen LogP contribution in [0, 0.1) is 0 Å². The van der Waals surface area contributed by atoms with E-state index in [0.717, 1.165) is 50.9 Å². The zero-order chi connectivity index (χ0) is 40.9. The molecule has 302 valence electrons. The van der Waals surface area contributed by atoms with Gasteiger partial charge in [-0.3, -0.25) is 19.0 Å². The van der Waals surface area contributed by atoms with Crippen molar-refractivity contribution >= 4 is 80.0 Å². The van der Waals surface area contributed by atoms with Crippen LogP contribution in [-0.4, -0.2) is 46.9 Å². The Labute approximate surface area is 346 Å². The number of nitrogens with zero attached hydrogens (tertiary/aromatic N) is 4. The number of nitrogens with one attached hydrogen (secondary N) is 3. The molecule has 0 fully saturated rings. The molecule has 0 unspecified atom stereocenters. The van der Waals surface area contributed by atoms with Gasteiger partial charge < -0.3 is 30.0 Å². The average molecular weight is 822 g/mol. The molecule has 0 bridgehead atoms. The molecule has 0 saturated carbocycles. The number of halogens is 1. The maximum atomic E-state index is 14.5. The number of para-hydroxylation sites is 2. The van der Waals surface area contributed by atoms with Gasteiger partial charge in [-0.2, -0.15) is 16.3 Å². The highest BCUT2D eigenvalue weighted by Gasteiger charge is 2.24. The summed E-state index contributed by atoms with van der Waals surface area (Å²) in [5.41, 5.74) is 4.07. The van der Waals surface area contributed by atoms with Gasteiger partial charge in [0.2, 0.25) is 11.6 Å². The molecule has 0 aliphatic rings. The fourth-order valence-electron chi connectivity index (χ4n) is 6.55. The van der Waals surface area contributed by atoms with Crippen LogP contribution in [0.15, 0.2) is 110 Å². The van der Waals surface area contributed by atoms with E-state index in [1.54, 1.807) is 53.8 Å². The van der Waals surface area contributed by atoms with E-state index in [1.807, 2.05) is 30.3 Å². The Morgan fingerprint density at radius 3 is 2.47 bits per heavy atom. The minimum Gasteiger partial charge on any atom is -0.471 e. The molecule has 3 heterocycles. The van der Waals surface area contributed by atoms with E-state index >= 15 is 0 Å². The third-order valence-corrected chi connectivity index (χ3v) is 10.6. The molecular formula is C44H48ClN7O5S. The van der Waals surface area contributed by atoms with Gasteiger partial charge in [0.25, 0.3) is 11.5 Å². The molecule has 14 heteroatoms. The van der Waals surface area contributed by atoms with Crippen LogP contribution in [-0.2, 0) is 22.6 Å². The number of carbonyl (C=O) groups is 2. The highest BCUT2D eigenvalue weighted by atomic mass is 35.5. The number of aliphatic imine (C=N–C) groups is 1. The molecule has 0 aliphatic heterocycles. The molecule has 0 spiro atoms. The lowest BCUT2D eigenvalue weighted by molar-refractivity contribution is -0.114. The third kappa shape index (κ3) is 10.9. The third-order valence-electron chi connectivity index (χ3n) is 9.57. The number of anilines is 4. The zero-order valence-electron chi connectivity index (χ0n) is 32.9. The Morgan fingerprint density at radius 2 is 1.71 bits per heavy atom. The smallest absolute Gasteiger partial charge is 0.278 e. The van der Waals surface area contributed by atoms with Crippen molar-refractivity contribution in [3.05, 3.63) is 123 Å². The first kappa shape index (κ1) is 41.7. The van der Waals surface area contributed by atoms with Crippen molar-refractivity contribution < 1.29 is 18.7 Å². The van der Waals surface area contributed by atoms with Crippen molar-refractivity contribution in [3.8, 4) is 5.75 Å². The lowest BCUT2D eigenvalue weighted by Crippen LogP contribution is -2.33. The summed E-state index contributed by atoms with van der Waals surface area (Å²) in [6.45, 7) is 7.68. The second-order valence-electron chi connectivity index (χ2n) is 13.6. The topological polar surface area (TPSA) is 143 Å². The number of rotatable bonds is 20. The van der Waals surface area contributed by atoms with Crippen LogP contribution in [0.25, 0.3) is 11.1 Å². The molecule has 6 rings (SSSR count). The Morgan fingerprint density at radius 1 is 0.931 bits per heavy atom. The van der Waals surface area contributed by atoms with E-state index < -0.39 is 5.91 Å². The van der Waals surface area contributed by atoms with E-state index in [2.05, 4.69) is 51.5 Å². The maximum Gasteiger partial charge on any atom is 0.278 e. The fourth-order valence-corrected chi connectivity index (χ4v) is 7.42. The molecule has 12 nitrogen and oxygen atoms in total. The van der Waals surface area contributed by atoms with Gasteiger partial charge >= 0.3 is 0 Å². The van der Waals surface area contributed by atoms with Crippen molar-refractivity contribution in [2.75, 3.05) is 40.7 Å². The minimum atomic E-state index is -0.618. The molecule has 3 N–H and O–H groups in total. The van der Waals surface area contributed by atoms with E-state index in [-0.39, 0.29) is 40.5 Å². The minimum absolute atomic E-state index is 0.0513. The molecule has 0 aliphatic carbocycles. The second-order valence-corrected chi connectivity index (χ2v) is 14.8. The van der Waals surface area contributed by atoms with Gasteiger partial charge in [0.05, 0.1) is 28.3 Å². The summed E-state index contributed by atoms with van der Waals surface area (Å²) >= 11 is 8.37. The SMILES string of the molecule is CCN(CC)c1ccc(N=C(C(=O)Nc2cc(NCOc3ccccc3NC(C)=O)ccc2Cl)c2nc3occc3c(=O)n2CCCCCCCc2ccsc2)cc1. The van der Waals surface area contributed by atoms with Gasteiger partial charge in [-0.05, 0) is 116 Å². The van der Waals surface area contributed by atoms with E-state index in [0.29, 0.717) is 46.9 Å². The summed E-state index contributed by atoms with van der Waals surface area (Å²) in [6, 6.07) is 23.5. The van der Waals surface area contributed by atoms with E-state index in [4.69, 9.17) is 30.7 Å². The predicted octanol–water partition coefficient (Wildman–Crippen LogP) is 9.91. The fraction of sp³-hybridized carbons (Fsp3) is 0.295. The van der Waals surface area contributed by atoms with Crippen LogP contribution in [0.5, 0.6) is 5.75 Å². The largest absolute Gasteiger partial charge is 0.471 e. The van der Waals surface area contributed by atoms with Crippen LogP contribution in [0.3, 0.4) is 0 Å². The van der Waals surface area contributed by atoms with Gasteiger partial charge in [-0.25, -0.2) is 4.99 Å². The number of ether oxygens (including phenoxy) is 1. The number of aryl methyl sites for hydroxylation is 1. The maximum absolute atomic E-state index is 14.5. The van der Waals surface area contributed by atoms with Crippen molar-refractivity contribution in [2.24, 2.45) is 4.99 Å². The number of amides is 2. The molecular weight excluding hydrogens is 774 g/mol. The van der Waals surface area contributed by atoms with Crippen LogP contribution < -0.4 is 31.1 Å². The zero-order valence-corrected chi connectivity index (χ0v) is 34.5. The molecule has 6 aromatic rings. The summed E-state index contributed by atoms with van der Waals surface area (Å²) in [5, 5.41) is 13.8. The van der Waals surface area contributed by atoms with E-state index in [9.17, 15) is 14.4 Å². The number of fused-ring (bicyclic) bond motifs is 1. The molecule has 58 heavy (non-hydrogen) atoms. The lowest BCUT2D eigenvalue weighted by Gasteiger charge is -2.21. The molecule has 0 radical (unpaired) electrons. The van der Waals surface area contributed by atoms with Gasteiger partial charge in [0.15, 0.2) is 18.3 Å². The summed E-state index contributed by atoms with van der Waals surface area (Å²) in [6.07, 6.45) is 7.30. The number of hydrogen-bond donors (Lipinski definition) is 3. The number of hydrogen-bond acceptors (Lipinski definition) is 10. The van der Waals surface area contributed by atoms with Crippen molar-refractivity contribution in [1.29, 1.82) is 0 Å².